The molecule has 3 saturated heterocycles. The van der Waals surface area contributed by atoms with Gasteiger partial charge in [-0.1, -0.05) is 13.3 Å². The Bertz CT molecular complexity index is 986. The summed E-state index contributed by atoms with van der Waals surface area (Å²) in [6.07, 6.45) is 2.41. The van der Waals surface area contributed by atoms with E-state index in [4.69, 9.17) is 9.47 Å². The number of nitrogens with zero attached hydrogens (tertiary/aromatic N) is 4. The highest BCUT2D eigenvalue weighted by molar-refractivity contribution is 7.91. The normalized spacial score (nSPS) is 21.8. The lowest BCUT2D eigenvalue weighted by atomic mass is 9.95. The molecule has 1 amide bonds. The van der Waals surface area contributed by atoms with Crippen molar-refractivity contribution in [2.45, 2.75) is 37.4 Å². The lowest BCUT2D eigenvalue weighted by molar-refractivity contribution is -0.133. The van der Waals surface area contributed by atoms with Crippen molar-refractivity contribution in [2.75, 3.05) is 90.2 Å². The summed E-state index contributed by atoms with van der Waals surface area (Å²) in [5, 5.41) is 9.50. The third kappa shape index (κ3) is 6.60. The quantitative estimate of drug-likeness (QED) is 0.235. The van der Waals surface area contributed by atoms with Crippen molar-refractivity contribution in [3.8, 4) is 5.75 Å². The van der Waals surface area contributed by atoms with Crippen molar-refractivity contribution in [3.63, 3.8) is 0 Å². The first-order valence-corrected chi connectivity index (χ1v) is 15.3. The molecule has 4 rings (SSSR count). The fraction of sp³-hybridized carbons (Fsp3) is 0.731. The van der Waals surface area contributed by atoms with Crippen LogP contribution in [0.2, 0.25) is 0 Å². The summed E-state index contributed by atoms with van der Waals surface area (Å²) in [7, 11) is -3.98. The first-order valence-electron chi connectivity index (χ1n) is 13.8. The molecule has 0 bridgehead atoms. The topological polar surface area (TPSA) is 115 Å². The molecular formula is C26H43N5O6S. The molecule has 3 aliphatic heterocycles. The van der Waals surface area contributed by atoms with Crippen LogP contribution >= 0.6 is 0 Å². The zero-order chi connectivity index (χ0) is 27.0. The van der Waals surface area contributed by atoms with Crippen LogP contribution in [0.15, 0.2) is 24.3 Å². The summed E-state index contributed by atoms with van der Waals surface area (Å²) < 4.78 is 38.7. The molecule has 0 aliphatic carbocycles. The lowest BCUT2D eigenvalue weighted by Gasteiger charge is -2.44. The fourth-order valence-electron chi connectivity index (χ4n) is 5.47. The molecule has 3 heterocycles. The molecule has 38 heavy (non-hydrogen) atoms. The molecule has 214 valence electrons. The summed E-state index contributed by atoms with van der Waals surface area (Å²) >= 11 is 0. The number of unbranched alkanes of at least 4 members (excludes halogenated alkanes) is 1. The van der Waals surface area contributed by atoms with Gasteiger partial charge in [-0.05, 0) is 43.5 Å². The van der Waals surface area contributed by atoms with Crippen LogP contribution in [0.3, 0.4) is 0 Å². The number of hydrogen-bond donors (Lipinski definition) is 2. The fourth-order valence-corrected chi connectivity index (χ4v) is 7.59. The third-order valence-corrected chi connectivity index (χ3v) is 10.7. The maximum atomic E-state index is 13.9. The van der Waals surface area contributed by atoms with E-state index in [0.29, 0.717) is 32.8 Å². The third-order valence-electron chi connectivity index (χ3n) is 8.06. The molecule has 12 heteroatoms. The Balaban J connectivity index is 1.34. The van der Waals surface area contributed by atoms with Gasteiger partial charge in [-0.2, -0.15) is 4.31 Å². The lowest BCUT2D eigenvalue weighted by Crippen LogP contribution is -2.63. The second-order valence-electron chi connectivity index (χ2n) is 10.3. The number of hydroxylamine groups is 1. The Labute approximate surface area is 226 Å². The van der Waals surface area contributed by atoms with Gasteiger partial charge in [-0.15, -0.1) is 0 Å². The van der Waals surface area contributed by atoms with Crippen LogP contribution in [0.25, 0.3) is 0 Å². The summed E-state index contributed by atoms with van der Waals surface area (Å²) in [6, 6.07) is 7.89. The predicted octanol–water partition coefficient (Wildman–Crippen LogP) is 0.990. The molecule has 2 N–H and O–H groups in total. The van der Waals surface area contributed by atoms with Gasteiger partial charge in [0.1, 0.15) is 5.75 Å². The van der Waals surface area contributed by atoms with Crippen LogP contribution in [0.5, 0.6) is 5.75 Å². The van der Waals surface area contributed by atoms with Crippen molar-refractivity contribution in [1.82, 2.24) is 19.6 Å². The smallest absolute Gasteiger partial charge is 0.266 e. The van der Waals surface area contributed by atoms with E-state index in [0.717, 1.165) is 63.7 Å². The summed E-state index contributed by atoms with van der Waals surface area (Å²) in [6.45, 7) is 10.4. The van der Waals surface area contributed by atoms with Gasteiger partial charge >= 0.3 is 0 Å². The number of piperazine rings is 1. The number of carbonyl (C=O) groups excluding carboxylic acids is 1. The van der Waals surface area contributed by atoms with Gasteiger partial charge in [0, 0.05) is 71.1 Å². The van der Waals surface area contributed by atoms with Crippen LogP contribution in [-0.2, 0) is 19.6 Å². The molecule has 0 radical (unpaired) electrons. The summed E-state index contributed by atoms with van der Waals surface area (Å²) in [4.78, 5) is 19.6. The van der Waals surface area contributed by atoms with E-state index < -0.39 is 20.7 Å². The highest BCUT2D eigenvalue weighted by atomic mass is 32.2. The van der Waals surface area contributed by atoms with Crippen LogP contribution in [0.1, 0.15) is 32.6 Å². The van der Waals surface area contributed by atoms with Crippen molar-refractivity contribution in [1.29, 1.82) is 0 Å². The number of rotatable bonds is 11. The minimum atomic E-state index is -3.98. The zero-order valence-electron chi connectivity index (χ0n) is 22.5. The van der Waals surface area contributed by atoms with E-state index in [1.807, 2.05) is 24.3 Å². The standard InChI is InChI=1S/C26H43N5O6S/c1-2-3-20-37-24-6-4-23(5-7-24)30-14-16-31(17-15-30)38(34,35)26(25(32)27-33)8-10-28(11-9-26)12-13-29-18-21-36-22-19-29/h4-7,33H,2-3,8-22H2,1H3,(H,27,32). The molecule has 0 saturated carbocycles. The molecule has 0 atom stereocenters. The van der Waals surface area contributed by atoms with Crippen LogP contribution in [0, 0.1) is 0 Å². The summed E-state index contributed by atoms with van der Waals surface area (Å²) in [5.41, 5.74) is 2.68. The van der Waals surface area contributed by atoms with Crippen molar-refractivity contribution >= 4 is 21.6 Å². The monoisotopic (exact) mass is 553 g/mol. The number of morpholine rings is 1. The zero-order valence-corrected chi connectivity index (χ0v) is 23.3. The Morgan fingerprint density at radius 1 is 0.974 bits per heavy atom. The first-order chi connectivity index (χ1) is 18.4. The van der Waals surface area contributed by atoms with E-state index in [2.05, 4.69) is 21.6 Å². The van der Waals surface area contributed by atoms with E-state index in [1.165, 1.54) is 4.31 Å². The highest BCUT2D eigenvalue weighted by Gasteiger charge is 2.55. The first kappa shape index (κ1) is 29.0. The number of anilines is 1. The Morgan fingerprint density at radius 3 is 2.16 bits per heavy atom. The summed E-state index contributed by atoms with van der Waals surface area (Å²) in [5.74, 6) is 0.00285. The molecule has 11 nitrogen and oxygen atoms in total. The van der Waals surface area contributed by atoms with Gasteiger partial charge in [-0.25, -0.2) is 13.9 Å². The molecule has 0 spiro atoms. The van der Waals surface area contributed by atoms with E-state index >= 15 is 0 Å². The largest absolute Gasteiger partial charge is 0.494 e. The number of ether oxygens (including phenoxy) is 2. The average molecular weight is 554 g/mol. The van der Waals surface area contributed by atoms with Crippen molar-refractivity contribution < 1.29 is 27.9 Å². The molecule has 3 fully saturated rings. The van der Waals surface area contributed by atoms with Crippen molar-refractivity contribution in [2.24, 2.45) is 0 Å². The number of benzene rings is 1. The van der Waals surface area contributed by atoms with Gasteiger partial charge in [-0.3, -0.25) is 14.9 Å². The van der Waals surface area contributed by atoms with Crippen LogP contribution in [0.4, 0.5) is 5.69 Å². The number of piperidine rings is 1. The maximum Gasteiger partial charge on any atom is 0.266 e. The number of hydrogen-bond acceptors (Lipinski definition) is 9. The number of sulfonamides is 1. The number of nitrogens with one attached hydrogen (secondary N) is 1. The Morgan fingerprint density at radius 2 is 1.58 bits per heavy atom. The van der Waals surface area contributed by atoms with Gasteiger partial charge in [0.15, 0.2) is 4.75 Å². The Hall–Kier alpha value is -1.96. The van der Waals surface area contributed by atoms with Gasteiger partial charge in [0.2, 0.25) is 10.0 Å². The Kier molecular flexibility index (Phi) is 10.2. The maximum absolute atomic E-state index is 13.9. The molecule has 0 unspecified atom stereocenters. The molecule has 1 aromatic rings. The molecule has 3 aliphatic rings. The average Bonchev–Trinajstić information content (AvgIpc) is 2.97. The van der Waals surface area contributed by atoms with Gasteiger partial charge < -0.3 is 19.3 Å². The SMILES string of the molecule is CCCCOc1ccc(N2CCN(S(=O)(=O)C3(C(=O)NO)CCN(CCN4CCOCC4)CC3)CC2)cc1. The minimum absolute atomic E-state index is 0.157. The van der Waals surface area contributed by atoms with E-state index in [-0.39, 0.29) is 25.9 Å². The number of likely N-dealkylation sites (tertiary alicyclic amines) is 1. The molecule has 1 aromatic carbocycles. The van der Waals surface area contributed by atoms with Crippen molar-refractivity contribution in [3.05, 3.63) is 24.3 Å². The number of amides is 1. The number of carbonyl (C=O) groups is 1. The van der Waals surface area contributed by atoms with Crippen LogP contribution < -0.4 is 15.1 Å². The van der Waals surface area contributed by atoms with Gasteiger partial charge in [0.25, 0.3) is 5.91 Å². The second-order valence-corrected chi connectivity index (χ2v) is 12.6. The second kappa shape index (κ2) is 13.4. The minimum Gasteiger partial charge on any atom is -0.494 e. The highest BCUT2D eigenvalue weighted by Crippen LogP contribution is 2.34. The van der Waals surface area contributed by atoms with E-state index in [9.17, 15) is 18.4 Å². The molecule has 0 aromatic heterocycles. The molecular weight excluding hydrogens is 510 g/mol. The van der Waals surface area contributed by atoms with E-state index in [1.54, 1.807) is 5.48 Å². The van der Waals surface area contributed by atoms with Crippen LogP contribution in [-0.4, -0.2) is 124 Å². The van der Waals surface area contributed by atoms with Gasteiger partial charge in [0.05, 0.1) is 19.8 Å². The predicted molar refractivity (Wildman–Crippen MR) is 145 cm³/mol.